The molecule has 8 nitrogen and oxygen atoms in total. The summed E-state index contributed by atoms with van der Waals surface area (Å²) in [6.07, 6.45) is 6.07. The quantitative estimate of drug-likeness (QED) is 0.788. The number of primary amides is 1. The number of carbonyl (C=O) groups is 2. The number of hydrogen-bond acceptors (Lipinski definition) is 5. The molecule has 2 aliphatic rings. The van der Waals surface area contributed by atoms with E-state index in [2.05, 4.69) is 5.10 Å². The van der Waals surface area contributed by atoms with E-state index in [1.165, 1.54) is 0 Å². The molecule has 0 radical (unpaired) electrons. The van der Waals surface area contributed by atoms with Crippen LogP contribution < -0.4 is 5.73 Å². The molecule has 3 rings (SSSR count). The number of ether oxygens (including phenoxy) is 1. The molecule has 2 fully saturated rings. The standard InChI is InChI=1S/C17H27N5O3/c18-16(23)13-20-8-3-14(4-9-20)17(24)21-6-2-10-25-15(11-21)12-22-7-1-5-19-22/h1,5,7,14-15H,2-4,6,8-13H2,(H2,18,23)/t15-/m0/s1. The Morgan fingerprint density at radius 1 is 1.24 bits per heavy atom. The molecule has 1 aromatic heterocycles. The number of amides is 2. The van der Waals surface area contributed by atoms with E-state index >= 15 is 0 Å². The molecule has 0 spiro atoms. The average Bonchev–Trinajstić information content (AvgIpc) is 2.98. The van der Waals surface area contributed by atoms with Gasteiger partial charge in [-0.3, -0.25) is 19.2 Å². The predicted octanol–water partition coefficient (Wildman–Crippen LogP) is -0.302. The second-order valence-corrected chi connectivity index (χ2v) is 6.88. The smallest absolute Gasteiger partial charge is 0.231 e. The van der Waals surface area contributed by atoms with Crippen LogP contribution in [0.3, 0.4) is 0 Å². The van der Waals surface area contributed by atoms with Crippen LogP contribution >= 0.6 is 0 Å². The molecule has 138 valence electrons. The monoisotopic (exact) mass is 349 g/mol. The number of hydrogen-bond donors (Lipinski definition) is 1. The first kappa shape index (κ1) is 17.9. The van der Waals surface area contributed by atoms with Gasteiger partial charge in [-0.25, -0.2) is 0 Å². The molecule has 2 aliphatic heterocycles. The molecule has 1 atom stereocenters. The molecule has 1 aromatic rings. The van der Waals surface area contributed by atoms with Crippen LogP contribution in [0.15, 0.2) is 18.5 Å². The largest absolute Gasteiger partial charge is 0.374 e. The van der Waals surface area contributed by atoms with Crippen molar-refractivity contribution < 1.29 is 14.3 Å². The maximum Gasteiger partial charge on any atom is 0.231 e. The molecule has 0 aromatic carbocycles. The van der Waals surface area contributed by atoms with Crippen LogP contribution in [0.4, 0.5) is 0 Å². The van der Waals surface area contributed by atoms with E-state index in [4.69, 9.17) is 10.5 Å². The number of aromatic nitrogens is 2. The fraction of sp³-hybridized carbons (Fsp3) is 0.706. The Labute approximate surface area is 147 Å². The van der Waals surface area contributed by atoms with E-state index in [0.717, 1.165) is 38.9 Å². The average molecular weight is 349 g/mol. The van der Waals surface area contributed by atoms with E-state index in [0.29, 0.717) is 19.7 Å². The third-order valence-electron chi connectivity index (χ3n) is 4.93. The number of carbonyl (C=O) groups excluding carboxylic acids is 2. The van der Waals surface area contributed by atoms with Crippen LogP contribution in [0.25, 0.3) is 0 Å². The summed E-state index contributed by atoms with van der Waals surface area (Å²) < 4.78 is 7.74. The van der Waals surface area contributed by atoms with Crippen molar-refractivity contribution in [2.75, 3.05) is 39.3 Å². The summed E-state index contributed by atoms with van der Waals surface area (Å²) in [4.78, 5) is 27.9. The zero-order valence-electron chi connectivity index (χ0n) is 14.5. The van der Waals surface area contributed by atoms with Crippen molar-refractivity contribution in [3.8, 4) is 0 Å². The topological polar surface area (TPSA) is 93.7 Å². The van der Waals surface area contributed by atoms with Gasteiger partial charge >= 0.3 is 0 Å². The number of rotatable bonds is 5. The number of nitrogens with two attached hydrogens (primary N) is 1. The highest BCUT2D eigenvalue weighted by Crippen LogP contribution is 2.21. The lowest BCUT2D eigenvalue weighted by Gasteiger charge is -2.34. The SMILES string of the molecule is NC(=O)CN1CCC(C(=O)N2CCCO[C@H](Cn3cccn3)C2)CC1. The van der Waals surface area contributed by atoms with Gasteiger partial charge in [0.25, 0.3) is 0 Å². The van der Waals surface area contributed by atoms with Crippen LogP contribution in [-0.2, 0) is 20.9 Å². The Kier molecular flexibility index (Phi) is 6.04. The van der Waals surface area contributed by atoms with Gasteiger partial charge in [0, 0.05) is 38.0 Å². The van der Waals surface area contributed by atoms with Crippen LogP contribution in [0.5, 0.6) is 0 Å². The number of likely N-dealkylation sites (tertiary alicyclic amines) is 1. The maximum atomic E-state index is 12.9. The van der Waals surface area contributed by atoms with Crippen LogP contribution in [0.1, 0.15) is 19.3 Å². The normalized spacial score (nSPS) is 23.4. The van der Waals surface area contributed by atoms with Crippen LogP contribution in [-0.4, -0.2) is 76.8 Å². The van der Waals surface area contributed by atoms with Crippen molar-refractivity contribution in [3.05, 3.63) is 18.5 Å². The fourth-order valence-electron chi connectivity index (χ4n) is 3.64. The lowest BCUT2D eigenvalue weighted by molar-refractivity contribution is -0.138. The van der Waals surface area contributed by atoms with Crippen molar-refractivity contribution in [1.82, 2.24) is 19.6 Å². The van der Waals surface area contributed by atoms with Crippen molar-refractivity contribution >= 4 is 11.8 Å². The molecule has 25 heavy (non-hydrogen) atoms. The summed E-state index contributed by atoms with van der Waals surface area (Å²) in [5.41, 5.74) is 5.25. The van der Waals surface area contributed by atoms with Crippen LogP contribution in [0.2, 0.25) is 0 Å². The molecule has 2 saturated heterocycles. The Balaban J connectivity index is 1.53. The summed E-state index contributed by atoms with van der Waals surface area (Å²) in [5.74, 6) is -0.0572. The summed E-state index contributed by atoms with van der Waals surface area (Å²) in [6.45, 7) is 4.47. The van der Waals surface area contributed by atoms with Gasteiger partial charge in [-0.05, 0) is 38.4 Å². The fourth-order valence-corrected chi connectivity index (χ4v) is 3.64. The Morgan fingerprint density at radius 2 is 2.04 bits per heavy atom. The minimum Gasteiger partial charge on any atom is -0.374 e. The van der Waals surface area contributed by atoms with Gasteiger partial charge in [0.15, 0.2) is 0 Å². The molecular formula is C17H27N5O3. The first-order chi connectivity index (χ1) is 12.1. The third kappa shape index (κ3) is 5.02. The van der Waals surface area contributed by atoms with Crippen LogP contribution in [0, 0.1) is 5.92 Å². The second kappa shape index (κ2) is 8.44. The van der Waals surface area contributed by atoms with Crippen molar-refractivity contribution in [3.63, 3.8) is 0 Å². The maximum absolute atomic E-state index is 12.9. The minimum absolute atomic E-state index is 0.0266. The number of nitrogens with zero attached hydrogens (tertiary/aromatic N) is 4. The molecule has 2 N–H and O–H groups in total. The summed E-state index contributed by atoms with van der Waals surface area (Å²) >= 11 is 0. The highest BCUT2D eigenvalue weighted by Gasteiger charge is 2.31. The van der Waals surface area contributed by atoms with Gasteiger partial charge in [-0.15, -0.1) is 0 Å². The highest BCUT2D eigenvalue weighted by atomic mass is 16.5. The molecule has 0 aliphatic carbocycles. The summed E-state index contributed by atoms with van der Waals surface area (Å²) in [7, 11) is 0. The van der Waals surface area contributed by atoms with E-state index in [1.807, 2.05) is 26.7 Å². The molecule has 8 heteroatoms. The summed E-state index contributed by atoms with van der Waals surface area (Å²) in [6, 6.07) is 1.89. The number of piperidine rings is 1. The van der Waals surface area contributed by atoms with E-state index in [9.17, 15) is 9.59 Å². The second-order valence-electron chi connectivity index (χ2n) is 6.88. The predicted molar refractivity (Wildman–Crippen MR) is 91.5 cm³/mol. The van der Waals surface area contributed by atoms with Gasteiger partial charge in [0.1, 0.15) is 0 Å². The lowest BCUT2D eigenvalue weighted by atomic mass is 9.95. The molecule has 0 bridgehead atoms. The van der Waals surface area contributed by atoms with E-state index in [1.54, 1.807) is 6.20 Å². The van der Waals surface area contributed by atoms with Gasteiger partial charge in [0.2, 0.25) is 11.8 Å². The van der Waals surface area contributed by atoms with Gasteiger partial charge in [-0.1, -0.05) is 0 Å². The Hall–Kier alpha value is -1.93. The first-order valence-electron chi connectivity index (χ1n) is 9.00. The molecule has 0 saturated carbocycles. The molecular weight excluding hydrogens is 322 g/mol. The van der Waals surface area contributed by atoms with Crippen molar-refractivity contribution in [2.24, 2.45) is 11.7 Å². The molecule has 0 unspecified atom stereocenters. The zero-order chi connectivity index (χ0) is 17.6. The Morgan fingerprint density at radius 3 is 2.72 bits per heavy atom. The third-order valence-corrected chi connectivity index (χ3v) is 4.93. The van der Waals surface area contributed by atoms with Gasteiger partial charge in [-0.2, -0.15) is 5.10 Å². The lowest BCUT2D eigenvalue weighted by Crippen LogP contribution is -2.46. The highest BCUT2D eigenvalue weighted by molar-refractivity contribution is 5.79. The van der Waals surface area contributed by atoms with Gasteiger partial charge < -0.3 is 15.4 Å². The molecule has 2 amide bonds. The van der Waals surface area contributed by atoms with E-state index in [-0.39, 0.29) is 30.4 Å². The minimum atomic E-state index is -0.309. The first-order valence-corrected chi connectivity index (χ1v) is 9.00. The Bertz CT molecular complexity index is 569. The zero-order valence-corrected chi connectivity index (χ0v) is 14.5. The van der Waals surface area contributed by atoms with Gasteiger partial charge in [0.05, 0.1) is 19.2 Å². The molecule has 3 heterocycles. The van der Waals surface area contributed by atoms with E-state index < -0.39 is 0 Å². The van der Waals surface area contributed by atoms with Crippen molar-refractivity contribution in [1.29, 1.82) is 0 Å². The van der Waals surface area contributed by atoms with Crippen molar-refractivity contribution in [2.45, 2.75) is 31.9 Å². The summed E-state index contributed by atoms with van der Waals surface area (Å²) in [5, 5.41) is 4.22.